The van der Waals surface area contributed by atoms with Crippen LogP contribution >= 0.6 is 27.5 Å². The van der Waals surface area contributed by atoms with Crippen molar-refractivity contribution < 1.29 is 18.8 Å². The minimum Gasteiger partial charge on any atom is -0.478 e. The lowest BCUT2D eigenvalue weighted by atomic mass is 10.1. The van der Waals surface area contributed by atoms with Crippen LogP contribution in [0.5, 0.6) is 0 Å². The fourth-order valence-corrected chi connectivity index (χ4v) is 2.90. The Labute approximate surface area is 143 Å². The summed E-state index contributed by atoms with van der Waals surface area (Å²) in [6.07, 6.45) is 0. The summed E-state index contributed by atoms with van der Waals surface area (Å²) in [4.78, 5) is 11.5. The Morgan fingerprint density at radius 3 is 2.83 bits per heavy atom. The summed E-state index contributed by atoms with van der Waals surface area (Å²) in [6.45, 7) is 1.58. The number of hydrogen-bond donors (Lipinski definition) is 2. The number of nitrogens with zero attached hydrogens (tertiary/aromatic N) is 1. The number of halogens is 3. The van der Waals surface area contributed by atoms with E-state index in [1.807, 2.05) is 0 Å². The number of aromatic carboxylic acids is 1. The lowest BCUT2D eigenvalue weighted by Gasteiger charge is -2.12. The molecule has 0 aliphatic rings. The summed E-state index contributed by atoms with van der Waals surface area (Å²) in [6, 6.07) is 6.24. The van der Waals surface area contributed by atoms with Gasteiger partial charge in [-0.2, -0.15) is 0 Å². The van der Waals surface area contributed by atoms with E-state index in [1.54, 1.807) is 25.1 Å². The molecule has 1 aromatic heterocycles. The number of anilines is 2. The molecule has 2 aromatic carbocycles. The van der Waals surface area contributed by atoms with Gasteiger partial charge in [0, 0.05) is 9.86 Å². The molecule has 0 radical (unpaired) electrons. The molecule has 0 aliphatic carbocycles. The van der Waals surface area contributed by atoms with Crippen molar-refractivity contribution in [3.05, 3.63) is 50.9 Å². The number of fused-ring (bicyclic) bond motifs is 1. The number of carbonyl (C=O) groups is 1. The molecule has 8 heteroatoms. The summed E-state index contributed by atoms with van der Waals surface area (Å²) in [5, 5.41) is 16.4. The summed E-state index contributed by atoms with van der Waals surface area (Å²) in [5.74, 6) is -1.74. The Kier molecular flexibility index (Phi) is 3.99. The summed E-state index contributed by atoms with van der Waals surface area (Å²) in [5.41, 5.74) is -0.123. The average Bonchev–Trinajstić information content (AvgIpc) is 2.85. The molecule has 23 heavy (non-hydrogen) atoms. The number of nitrogens with one attached hydrogen (secondary N) is 1. The lowest BCUT2D eigenvalue weighted by Crippen LogP contribution is -2.06. The van der Waals surface area contributed by atoms with Crippen molar-refractivity contribution in [2.45, 2.75) is 6.92 Å². The molecule has 0 saturated carbocycles. The van der Waals surface area contributed by atoms with Crippen LogP contribution in [-0.4, -0.2) is 16.2 Å². The van der Waals surface area contributed by atoms with Gasteiger partial charge in [-0.3, -0.25) is 0 Å². The van der Waals surface area contributed by atoms with Crippen LogP contribution in [-0.2, 0) is 0 Å². The highest BCUT2D eigenvalue weighted by Crippen LogP contribution is 2.35. The van der Waals surface area contributed by atoms with E-state index in [9.17, 15) is 14.3 Å². The molecule has 2 N–H and O–H groups in total. The van der Waals surface area contributed by atoms with E-state index in [1.165, 1.54) is 6.07 Å². The monoisotopic (exact) mass is 398 g/mol. The van der Waals surface area contributed by atoms with E-state index in [0.717, 1.165) is 4.47 Å². The van der Waals surface area contributed by atoms with E-state index in [-0.39, 0.29) is 16.8 Å². The largest absolute Gasteiger partial charge is 0.478 e. The minimum absolute atomic E-state index is 0.0387. The highest BCUT2D eigenvalue weighted by Gasteiger charge is 2.22. The normalized spacial score (nSPS) is 11.0. The number of aryl methyl sites for hydroxylation is 1. The molecule has 5 nitrogen and oxygen atoms in total. The van der Waals surface area contributed by atoms with Crippen molar-refractivity contribution in [3.63, 3.8) is 0 Å². The molecule has 3 rings (SSSR count). The van der Waals surface area contributed by atoms with Gasteiger partial charge >= 0.3 is 5.97 Å². The first-order chi connectivity index (χ1) is 10.9. The van der Waals surface area contributed by atoms with Crippen LogP contribution in [0.4, 0.5) is 15.8 Å². The van der Waals surface area contributed by atoms with Crippen molar-refractivity contribution in [1.82, 2.24) is 5.16 Å². The van der Waals surface area contributed by atoms with Crippen molar-refractivity contribution in [3.8, 4) is 0 Å². The average molecular weight is 400 g/mol. The van der Waals surface area contributed by atoms with Gasteiger partial charge in [0.1, 0.15) is 5.76 Å². The van der Waals surface area contributed by atoms with E-state index in [2.05, 4.69) is 26.4 Å². The third-order valence-corrected chi connectivity index (χ3v) is 4.12. The van der Waals surface area contributed by atoms with Gasteiger partial charge in [-0.15, -0.1) is 0 Å². The van der Waals surface area contributed by atoms with Crippen molar-refractivity contribution >= 4 is 55.8 Å². The second kappa shape index (κ2) is 5.82. The first kappa shape index (κ1) is 15.8. The number of rotatable bonds is 3. The van der Waals surface area contributed by atoms with Crippen LogP contribution < -0.4 is 5.32 Å². The standard InChI is InChI=1S/C15H9BrClFN2O3/c1-6-8-5-9(15(21)22)13(12(18)14(8)20-23-6)19-11-3-2-7(16)4-10(11)17/h2-5,19H,1H3,(H,21,22). The maximum atomic E-state index is 14.7. The van der Waals surface area contributed by atoms with Gasteiger partial charge in [0.25, 0.3) is 0 Å². The Bertz CT molecular complexity index is 942. The van der Waals surface area contributed by atoms with E-state index >= 15 is 0 Å². The van der Waals surface area contributed by atoms with Crippen molar-refractivity contribution in [1.29, 1.82) is 0 Å². The van der Waals surface area contributed by atoms with Crippen LogP contribution in [0.1, 0.15) is 16.1 Å². The molecule has 0 bridgehead atoms. The van der Waals surface area contributed by atoms with Crippen LogP contribution in [0, 0.1) is 12.7 Å². The highest BCUT2D eigenvalue weighted by molar-refractivity contribution is 9.10. The number of hydrogen-bond acceptors (Lipinski definition) is 4. The number of benzene rings is 2. The second-order valence-corrected chi connectivity index (χ2v) is 6.13. The molecular weight excluding hydrogens is 391 g/mol. The zero-order valence-electron chi connectivity index (χ0n) is 11.7. The maximum absolute atomic E-state index is 14.7. The Hall–Kier alpha value is -2.12. The highest BCUT2D eigenvalue weighted by atomic mass is 79.9. The Morgan fingerprint density at radius 1 is 1.43 bits per heavy atom. The first-order valence-electron chi connectivity index (χ1n) is 6.42. The van der Waals surface area contributed by atoms with Gasteiger partial charge in [-0.1, -0.05) is 32.7 Å². The van der Waals surface area contributed by atoms with Gasteiger partial charge in [0.05, 0.1) is 22.0 Å². The number of aromatic nitrogens is 1. The molecule has 1 heterocycles. The van der Waals surface area contributed by atoms with Gasteiger partial charge in [0.15, 0.2) is 11.3 Å². The minimum atomic E-state index is -1.28. The summed E-state index contributed by atoms with van der Waals surface area (Å²) in [7, 11) is 0. The number of carboxylic acid groups (broad SMARTS) is 1. The fraction of sp³-hybridized carbons (Fsp3) is 0.0667. The molecule has 0 unspecified atom stereocenters. The quantitative estimate of drug-likeness (QED) is 0.638. The Morgan fingerprint density at radius 2 is 2.17 bits per heavy atom. The van der Waals surface area contributed by atoms with Gasteiger partial charge in [-0.05, 0) is 31.2 Å². The zero-order valence-corrected chi connectivity index (χ0v) is 14.0. The third-order valence-electron chi connectivity index (χ3n) is 3.31. The molecule has 0 atom stereocenters. The van der Waals surface area contributed by atoms with Crippen LogP contribution in [0.3, 0.4) is 0 Å². The van der Waals surface area contributed by atoms with Crippen molar-refractivity contribution in [2.24, 2.45) is 0 Å². The molecule has 0 amide bonds. The van der Waals surface area contributed by atoms with Crippen molar-refractivity contribution in [2.75, 3.05) is 5.32 Å². The van der Waals surface area contributed by atoms with Crippen LogP contribution in [0.15, 0.2) is 33.3 Å². The second-order valence-electron chi connectivity index (χ2n) is 4.80. The summed E-state index contributed by atoms with van der Waals surface area (Å²) >= 11 is 9.36. The van der Waals surface area contributed by atoms with Gasteiger partial charge in [-0.25, -0.2) is 9.18 Å². The van der Waals surface area contributed by atoms with Gasteiger partial charge in [0.2, 0.25) is 0 Å². The molecular formula is C15H9BrClFN2O3. The molecule has 0 spiro atoms. The van der Waals surface area contributed by atoms with Gasteiger partial charge < -0.3 is 14.9 Å². The predicted octanol–water partition coefficient (Wildman–Crippen LogP) is 5.13. The SMILES string of the molecule is Cc1onc2c(F)c(Nc3ccc(Br)cc3Cl)c(C(=O)O)cc12. The molecule has 3 aromatic rings. The molecule has 118 valence electrons. The predicted molar refractivity (Wildman–Crippen MR) is 88.1 cm³/mol. The first-order valence-corrected chi connectivity index (χ1v) is 7.59. The fourth-order valence-electron chi connectivity index (χ4n) is 2.18. The smallest absolute Gasteiger partial charge is 0.337 e. The summed E-state index contributed by atoms with van der Waals surface area (Å²) < 4.78 is 20.4. The van der Waals surface area contributed by atoms with Crippen LogP contribution in [0.25, 0.3) is 10.9 Å². The number of carboxylic acids is 1. The topological polar surface area (TPSA) is 75.4 Å². The molecule has 0 aliphatic heterocycles. The van der Waals surface area contributed by atoms with Crippen LogP contribution in [0.2, 0.25) is 5.02 Å². The third kappa shape index (κ3) is 2.77. The van der Waals surface area contributed by atoms with E-state index < -0.39 is 11.8 Å². The van der Waals surface area contributed by atoms with E-state index in [0.29, 0.717) is 21.9 Å². The zero-order chi connectivity index (χ0) is 16.7. The molecule has 0 saturated heterocycles. The van der Waals surface area contributed by atoms with E-state index in [4.69, 9.17) is 16.1 Å². The maximum Gasteiger partial charge on any atom is 0.337 e. The lowest BCUT2D eigenvalue weighted by molar-refractivity contribution is 0.0697. The Balaban J connectivity index is 2.21. The molecule has 0 fully saturated rings.